The molecule has 0 nitrogen and oxygen atoms in total. The van der Waals surface area contributed by atoms with Crippen LogP contribution < -0.4 is 0 Å². The molecule has 68 valence electrons. The van der Waals surface area contributed by atoms with E-state index in [0.717, 1.165) is 6.42 Å². The van der Waals surface area contributed by atoms with Gasteiger partial charge in [-0.2, -0.15) is 0 Å². The Hall–Kier alpha value is -0.560. The van der Waals surface area contributed by atoms with Crippen LogP contribution in [0.4, 0.5) is 0 Å². The molecule has 0 unspecified atom stereocenters. The van der Waals surface area contributed by atoms with E-state index in [4.69, 9.17) is 0 Å². The second-order valence-corrected chi connectivity index (χ2v) is 4.31. The van der Waals surface area contributed by atoms with Crippen LogP contribution in [-0.2, 0) is 12.8 Å². The second kappa shape index (κ2) is 3.67. The maximum atomic E-state index is 3.58. The normalized spacial score (nSPS) is 13.4. The molecule has 1 aliphatic carbocycles. The van der Waals surface area contributed by atoms with Crippen LogP contribution in [0.15, 0.2) is 22.7 Å². The molecule has 1 aliphatic rings. The van der Waals surface area contributed by atoms with E-state index in [1.807, 2.05) is 0 Å². The van der Waals surface area contributed by atoms with E-state index in [0.29, 0.717) is 0 Å². The number of hydrogen-bond acceptors (Lipinski definition) is 0. The van der Waals surface area contributed by atoms with Crippen molar-refractivity contribution in [2.45, 2.75) is 26.2 Å². The third kappa shape index (κ3) is 1.58. The van der Waals surface area contributed by atoms with Gasteiger partial charge in [0.1, 0.15) is 0 Å². The van der Waals surface area contributed by atoms with Crippen molar-refractivity contribution in [2.24, 2.45) is 0 Å². The highest BCUT2D eigenvalue weighted by Crippen LogP contribution is 2.30. The average Bonchev–Trinajstić information content (AvgIpc) is 2.59. The quantitative estimate of drug-likeness (QED) is 0.730. The standard InChI is InChI=1S/C12H13Br/c1-2-4-9-7-8-12(13)11-6-3-5-10(9)11/h3,6-8H,2,4-5H2,1H3. The van der Waals surface area contributed by atoms with Gasteiger partial charge in [-0.05, 0) is 35.6 Å². The van der Waals surface area contributed by atoms with Crippen LogP contribution >= 0.6 is 15.9 Å². The van der Waals surface area contributed by atoms with E-state index in [2.05, 4.69) is 47.1 Å². The molecule has 0 amide bonds. The van der Waals surface area contributed by atoms with E-state index in [1.54, 1.807) is 0 Å². The van der Waals surface area contributed by atoms with Gasteiger partial charge in [0.15, 0.2) is 0 Å². The van der Waals surface area contributed by atoms with Gasteiger partial charge in [-0.25, -0.2) is 0 Å². The van der Waals surface area contributed by atoms with Gasteiger partial charge in [0.25, 0.3) is 0 Å². The molecular weight excluding hydrogens is 224 g/mol. The Labute approximate surface area is 87.8 Å². The fraction of sp³-hybridized carbons (Fsp3) is 0.333. The molecule has 0 bridgehead atoms. The Morgan fingerprint density at radius 2 is 2.23 bits per heavy atom. The van der Waals surface area contributed by atoms with Crippen molar-refractivity contribution in [3.05, 3.63) is 39.4 Å². The first-order chi connectivity index (χ1) is 6.33. The lowest BCUT2D eigenvalue weighted by Crippen LogP contribution is -1.93. The van der Waals surface area contributed by atoms with Crippen LogP contribution in [0, 0.1) is 0 Å². The summed E-state index contributed by atoms with van der Waals surface area (Å²) in [5, 5.41) is 0. The van der Waals surface area contributed by atoms with E-state index >= 15 is 0 Å². The average molecular weight is 237 g/mol. The molecule has 13 heavy (non-hydrogen) atoms. The highest BCUT2D eigenvalue weighted by atomic mass is 79.9. The first-order valence-electron chi connectivity index (χ1n) is 4.79. The number of fused-ring (bicyclic) bond motifs is 1. The van der Waals surface area contributed by atoms with Gasteiger partial charge in [-0.1, -0.05) is 47.5 Å². The van der Waals surface area contributed by atoms with Crippen LogP contribution in [0.2, 0.25) is 0 Å². The van der Waals surface area contributed by atoms with Gasteiger partial charge in [-0.15, -0.1) is 0 Å². The maximum absolute atomic E-state index is 3.58. The fourth-order valence-corrected chi connectivity index (χ4v) is 2.40. The fourth-order valence-electron chi connectivity index (χ4n) is 1.90. The van der Waals surface area contributed by atoms with Gasteiger partial charge in [0.2, 0.25) is 0 Å². The molecule has 0 atom stereocenters. The number of allylic oxidation sites excluding steroid dienone is 1. The Kier molecular flexibility index (Phi) is 2.54. The molecule has 0 saturated carbocycles. The van der Waals surface area contributed by atoms with Gasteiger partial charge in [0, 0.05) is 4.47 Å². The first kappa shape index (κ1) is 9.01. The van der Waals surface area contributed by atoms with Crippen LogP contribution in [0.25, 0.3) is 6.08 Å². The summed E-state index contributed by atoms with van der Waals surface area (Å²) >= 11 is 3.58. The Balaban J connectivity index is 2.47. The first-order valence-corrected chi connectivity index (χ1v) is 5.59. The number of rotatable bonds is 2. The second-order valence-electron chi connectivity index (χ2n) is 3.46. The lowest BCUT2D eigenvalue weighted by Gasteiger charge is -2.08. The van der Waals surface area contributed by atoms with E-state index < -0.39 is 0 Å². The highest BCUT2D eigenvalue weighted by molar-refractivity contribution is 9.10. The van der Waals surface area contributed by atoms with Crippen molar-refractivity contribution in [3.63, 3.8) is 0 Å². The molecule has 0 aliphatic heterocycles. The molecular formula is C12H13Br. The SMILES string of the molecule is CCCc1ccc(Br)c2c1CC=C2. The monoisotopic (exact) mass is 236 g/mol. The molecule has 1 heteroatoms. The number of hydrogen-bond donors (Lipinski definition) is 0. The minimum Gasteiger partial charge on any atom is -0.0795 e. The molecule has 0 N–H and O–H groups in total. The molecule has 2 rings (SSSR count). The van der Waals surface area contributed by atoms with Crippen LogP contribution in [0.5, 0.6) is 0 Å². The molecule has 0 radical (unpaired) electrons. The summed E-state index contributed by atoms with van der Waals surface area (Å²) in [5.41, 5.74) is 4.44. The van der Waals surface area contributed by atoms with Crippen molar-refractivity contribution in [2.75, 3.05) is 0 Å². The molecule has 0 heterocycles. The smallest absolute Gasteiger partial charge is 0.0250 e. The van der Waals surface area contributed by atoms with Crippen LogP contribution in [0.1, 0.15) is 30.0 Å². The van der Waals surface area contributed by atoms with Crippen molar-refractivity contribution < 1.29 is 0 Å². The minimum atomic E-state index is 1.12. The summed E-state index contributed by atoms with van der Waals surface area (Å²) < 4.78 is 1.23. The number of aryl methyl sites for hydroxylation is 1. The van der Waals surface area contributed by atoms with Crippen molar-refractivity contribution in [1.29, 1.82) is 0 Å². The largest absolute Gasteiger partial charge is 0.0795 e. The zero-order valence-electron chi connectivity index (χ0n) is 7.81. The van der Waals surface area contributed by atoms with Gasteiger partial charge >= 0.3 is 0 Å². The molecule has 0 saturated heterocycles. The van der Waals surface area contributed by atoms with Crippen LogP contribution in [0.3, 0.4) is 0 Å². The van der Waals surface area contributed by atoms with Crippen molar-refractivity contribution in [1.82, 2.24) is 0 Å². The lowest BCUT2D eigenvalue weighted by molar-refractivity contribution is 0.907. The molecule has 0 fully saturated rings. The lowest BCUT2D eigenvalue weighted by atomic mass is 9.99. The van der Waals surface area contributed by atoms with Crippen molar-refractivity contribution >= 4 is 22.0 Å². The molecule has 1 aromatic carbocycles. The van der Waals surface area contributed by atoms with Gasteiger partial charge in [-0.3, -0.25) is 0 Å². The van der Waals surface area contributed by atoms with E-state index in [9.17, 15) is 0 Å². The zero-order chi connectivity index (χ0) is 9.26. The highest BCUT2D eigenvalue weighted by Gasteiger charge is 2.12. The Bertz CT molecular complexity index is 350. The topological polar surface area (TPSA) is 0 Å². The Morgan fingerprint density at radius 1 is 1.38 bits per heavy atom. The summed E-state index contributed by atoms with van der Waals surface area (Å²) in [6, 6.07) is 4.42. The van der Waals surface area contributed by atoms with E-state index in [-0.39, 0.29) is 0 Å². The summed E-state index contributed by atoms with van der Waals surface area (Å²) in [4.78, 5) is 0. The Morgan fingerprint density at radius 3 is 3.00 bits per heavy atom. The minimum absolute atomic E-state index is 1.12. The van der Waals surface area contributed by atoms with Crippen LogP contribution in [-0.4, -0.2) is 0 Å². The summed E-state index contributed by atoms with van der Waals surface area (Å²) in [5.74, 6) is 0. The van der Waals surface area contributed by atoms with Gasteiger partial charge < -0.3 is 0 Å². The number of halogens is 1. The molecule has 0 aromatic heterocycles. The molecule has 0 spiro atoms. The van der Waals surface area contributed by atoms with Gasteiger partial charge in [0.05, 0.1) is 0 Å². The maximum Gasteiger partial charge on any atom is 0.0250 e. The third-order valence-corrected chi connectivity index (χ3v) is 3.22. The third-order valence-electron chi connectivity index (χ3n) is 2.53. The zero-order valence-corrected chi connectivity index (χ0v) is 9.39. The number of benzene rings is 1. The molecule has 1 aromatic rings. The summed E-state index contributed by atoms with van der Waals surface area (Å²) in [6.07, 6.45) is 8.02. The predicted octanol–water partition coefficient (Wildman–Crippen LogP) is 3.97. The predicted molar refractivity (Wildman–Crippen MR) is 60.9 cm³/mol. The van der Waals surface area contributed by atoms with Crippen molar-refractivity contribution in [3.8, 4) is 0 Å². The summed E-state index contributed by atoms with van der Waals surface area (Å²) in [7, 11) is 0. The summed E-state index contributed by atoms with van der Waals surface area (Å²) in [6.45, 7) is 2.23. The van der Waals surface area contributed by atoms with E-state index in [1.165, 1.54) is 34.0 Å².